The Morgan fingerprint density at radius 2 is 1.70 bits per heavy atom. The summed E-state index contributed by atoms with van der Waals surface area (Å²) in [5.41, 5.74) is 0.967. The van der Waals surface area contributed by atoms with Crippen LogP contribution in [0.25, 0.3) is 0 Å². The number of hydrogen-bond donors (Lipinski definition) is 0. The lowest BCUT2D eigenvalue weighted by molar-refractivity contribution is -0.124. The van der Waals surface area contributed by atoms with Crippen molar-refractivity contribution in [2.24, 2.45) is 0 Å². The molecular formula is C16H15F3O2S2. The molecule has 7 heteroatoms. The molecule has 2 aromatic carbocycles. The van der Waals surface area contributed by atoms with Crippen molar-refractivity contribution in [2.45, 2.75) is 23.2 Å². The van der Waals surface area contributed by atoms with Gasteiger partial charge in [-0.2, -0.15) is 13.2 Å². The first-order chi connectivity index (χ1) is 10.8. The smallest absolute Gasteiger partial charge is 0.401 e. The molecule has 2 rings (SSSR count). The predicted octanol–water partition coefficient (Wildman–Crippen LogP) is 4.76. The van der Waals surface area contributed by atoms with Gasteiger partial charge in [-0.3, -0.25) is 0 Å². The summed E-state index contributed by atoms with van der Waals surface area (Å²) in [7, 11) is 0. The van der Waals surface area contributed by atoms with Crippen LogP contribution in [0.4, 0.5) is 13.2 Å². The van der Waals surface area contributed by atoms with Crippen molar-refractivity contribution in [3.8, 4) is 5.75 Å². The Morgan fingerprint density at radius 1 is 1.09 bits per heavy atom. The Hall–Kier alpha value is -1.47. The fraction of sp³-hybridized carbons (Fsp3) is 0.250. The third-order valence-electron chi connectivity index (χ3n) is 2.88. The topological polar surface area (TPSA) is 26.3 Å². The summed E-state index contributed by atoms with van der Waals surface area (Å²) < 4.78 is 56.5. The van der Waals surface area contributed by atoms with Crippen LogP contribution in [0.1, 0.15) is 5.56 Å². The third-order valence-corrected chi connectivity index (χ3v) is 5.34. The van der Waals surface area contributed by atoms with E-state index in [0.717, 1.165) is 5.56 Å². The minimum atomic E-state index is -4.47. The monoisotopic (exact) mass is 360 g/mol. The Morgan fingerprint density at radius 3 is 2.26 bits per heavy atom. The maximum atomic E-state index is 13.2. The second-order valence-electron chi connectivity index (χ2n) is 4.83. The molecule has 2 aromatic rings. The van der Waals surface area contributed by atoms with E-state index in [4.69, 9.17) is 4.18 Å². The van der Waals surface area contributed by atoms with Gasteiger partial charge in [0, 0.05) is 4.90 Å². The van der Waals surface area contributed by atoms with Crippen LogP contribution in [0, 0.1) is 6.92 Å². The largest absolute Gasteiger partial charge is 0.401 e. The molecule has 2 atom stereocenters. The van der Waals surface area contributed by atoms with Crippen molar-refractivity contribution in [1.82, 2.24) is 0 Å². The molecule has 23 heavy (non-hydrogen) atoms. The first kappa shape index (κ1) is 17.9. The predicted molar refractivity (Wildman–Crippen MR) is 87.0 cm³/mol. The van der Waals surface area contributed by atoms with Crippen LogP contribution in [-0.4, -0.2) is 21.4 Å². The molecule has 0 aromatic heterocycles. The molecule has 0 aliphatic carbocycles. The molecule has 1 unspecified atom stereocenters. The van der Waals surface area contributed by atoms with Gasteiger partial charge in [0.15, 0.2) is 0 Å². The minimum Gasteiger partial charge on any atom is -0.401 e. The molecule has 0 aliphatic rings. The van der Waals surface area contributed by atoms with Crippen LogP contribution in [0.5, 0.6) is 5.75 Å². The fourth-order valence-corrected chi connectivity index (χ4v) is 3.91. The van der Waals surface area contributed by atoms with Gasteiger partial charge in [0.1, 0.15) is 11.0 Å². The molecule has 0 bridgehead atoms. The lowest BCUT2D eigenvalue weighted by Crippen LogP contribution is -2.32. The highest BCUT2D eigenvalue weighted by Crippen LogP contribution is 2.36. The Kier molecular flexibility index (Phi) is 6.12. The zero-order valence-electron chi connectivity index (χ0n) is 12.2. The fourth-order valence-electron chi connectivity index (χ4n) is 1.72. The summed E-state index contributed by atoms with van der Waals surface area (Å²) >= 11 is -1.42. The number of benzene rings is 2. The van der Waals surface area contributed by atoms with E-state index in [1.54, 1.807) is 54.6 Å². The SMILES string of the molecule is Cc1ccc(S[C@H](CS(=O)Oc2ccccc2)C(F)(F)F)cc1. The van der Waals surface area contributed by atoms with Crippen LogP contribution in [-0.2, 0) is 11.1 Å². The number of aryl methyl sites for hydroxylation is 1. The number of thioether (sulfide) groups is 1. The van der Waals surface area contributed by atoms with Crippen molar-refractivity contribution in [2.75, 3.05) is 5.75 Å². The number of para-hydroxylation sites is 1. The van der Waals surface area contributed by atoms with Crippen LogP contribution in [0.15, 0.2) is 59.5 Å². The van der Waals surface area contributed by atoms with Crippen molar-refractivity contribution >= 4 is 22.8 Å². The molecular weight excluding hydrogens is 345 g/mol. The van der Waals surface area contributed by atoms with E-state index in [1.165, 1.54) is 0 Å². The number of alkyl halides is 3. The lowest BCUT2D eigenvalue weighted by atomic mass is 10.2. The molecule has 2 nitrogen and oxygen atoms in total. The van der Waals surface area contributed by atoms with Crippen LogP contribution < -0.4 is 4.18 Å². The highest BCUT2D eigenvalue weighted by molar-refractivity contribution is 8.00. The first-order valence-corrected chi connectivity index (χ1v) is 8.89. The zero-order valence-corrected chi connectivity index (χ0v) is 13.9. The van der Waals surface area contributed by atoms with E-state index < -0.39 is 28.3 Å². The van der Waals surface area contributed by atoms with Gasteiger partial charge < -0.3 is 4.18 Å². The van der Waals surface area contributed by atoms with Gasteiger partial charge >= 0.3 is 6.18 Å². The van der Waals surface area contributed by atoms with Gasteiger partial charge in [-0.05, 0) is 31.2 Å². The van der Waals surface area contributed by atoms with Gasteiger partial charge in [-0.15, -0.1) is 11.8 Å². The summed E-state index contributed by atoms with van der Waals surface area (Å²) in [6, 6.07) is 14.9. The molecule has 0 aliphatic heterocycles. The van der Waals surface area contributed by atoms with Gasteiger partial charge in [0.2, 0.25) is 11.1 Å². The van der Waals surface area contributed by atoms with Crippen LogP contribution in [0.3, 0.4) is 0 Å². The summed E-state index contributed by atoms with van der Waals surface area (Å²) in [5, 5.41) is -1.80. The second-order valence-corrected chi connectivity index (χ2v) is 7.21. The zero-order chi connectivity index (χ0) is 16.9. The molecule has 0 radical (unpaired) electrons. The van der Waals surface area contributed by atoms with E-state index in [0.29, 0.717) is 16.7 Å². The Balaban J connectivity index is 2.04. The molecule has 0 saturated heterocycles. The number of rotatable bonds is 6. The summed E-state index contributed by atoms with van der Waals surface area (Å²) in [5.74, 6) is -0.344. The molecule has 0 amide bonds. The van der Waals surface area contributed by atoms with Crippen molar-refractivity contribution in [3.05, 3.63) is 60.2 Å². The summed E-state index contributed by atoms with van der Waals surface area (Å²) in [4.78, 5) is 0.481. The van der Waals surface area contributed by atoms with Gasteiger partial charge in [-0.1, -0.05) is 35.9 Å². The lowest BCUT2D eigenvalue weighted by Gasteiger charge is -2.19. The summed E-state index contributed by atoms with van der Waals surface area (Å²) in [6.07, 6.45) is -4.47. The normalized spacial score (nSPS) is 14.3. The standard InChI is InChI=1S/C16H15F3O2S2/c1-12-7-9-14(10-8-12)22-15(16(17,18)19)11-23(20)21-13-5-3-2-4-6-13/h2-10,15H,11H2,1H3/t15-,23?/m1/s1. The molecule has 0 saturated carbocycles. The molecule has 0 N–H and O–H groups in total. The molecule has 124 valence electrons. The molecule has 0 heterocycles. The maximum Gasteiger partial charge on any atom is 0.401 e. The number of hydrogen-bond acceptors (Lipinski definition) is 3. The van der Waals surface area contributed by atoms with Crippen molar-refractivity contribution < 1.29 is 21.6 Å². The van der Waals surface area contributed by atoms with Gasteiger partial charge in [0.25, 0.3) is 0 Å². The highest BCUT2D eigenvalue weighted by Gasteiger charge is 2.42. The van der Waals surface area contributed by atoms with Gasteiger partial charge in [-0.25, -0.2) is 4.21 Å². The number of halogens is 3. The van der Waals surface area contributed by atoms with Crippen LogP contribution in [0.2, 0.25) is 0 Å². The van der Waals surface area contributed by atoms with E-state index in [-0.39, 0.29) is 5.75 Å². The second kappa shape index (κ2) is 7.88. The Labute approximate surface area is 139 Å². The van der Waals surface area contributed by atoms with E-state index >= 15 is 0 Å². The van der Waals surface area contributed by atoms with E-state index in [2.05, 4.69) is 0 Å². The average molecular weight is 360 g/mol. The third kappa shape index (κ3) is 5.91. The van der Waals surface area contributed by atoms with Gasteiger partial charge in [0.05, 0.1) is 5.75 Å². The quantitative estimate of drug-likeness (QED) is 0.695. The van der Waals surface area contributed by atoms with E-state index in [9.17, 15) is 17.4 Å². The Bertz CT molecular complexity index is 643. The minimum absolute atomic E-state index is 0.284. The first-order valence-electron chi connectivity index (χ1n) is 6.76. The molecule has 0 fully saturated rings. The van der Waals surface area contributed by atoms with Crippen molar-refractivity contribution in [3.63, 3.8) is 0 Å². The average Bonchev–Trinajstić information content (AvgIpc) is 2.49. The maximum absolute atomic E-state index is 13.2. The van der Waals surface area contributed by atoms with Crippen LogP contribution >= 0.6 is 11.8 Å². The summed E-state index contributed by atoms with van der Waals surface area (Å²) in [6.45, 7) is 1.86. The molecule has 0 spiro atoms. The highest BCUT2D eigenvalue weighted by atomic mass is 32.2. The van der Waals surface area contributed by atoms with Crippen molar-refractivity contribution in [1.29, 1.82) is 0 Å². The van der Waals surface area contributed by atoms with E-state index in [1.807, 2.05) is 6.92 Å².